The topological polar surface area (TPSA) is 37.3 Å². The fourth-order valence-corrected chi connectivity index (χ4v) is 4.48. The molecule has 0 aliphatic heterocycles. The van der Waals surface area contributed by atoms with Crippen molar-refractivity contribution in [3.63, 3.8) is 0 Å². The Bertz CT molecular complexity index is 1030. The third-order valence-electron chi connectivity index (χ3n) is 5.89. The molecule has 31 heavy (non-hydrogen) atoms. The molecule has 1 N–H and O–H groups in total. The number of rotatable bonds is 6. The normalized spacial score (nSPS) is 14.4. The first kappa shape index (κ1) is 21.4. The molecule has 4 rings (SSSR count). The number of amides is 2. The number of hydrogen-bond acceptors (Lipinski definition) is 1. The Morgan fingerprint density at radius 2 is 1.87 bits per heavy atom. The zero-order valence-corrected chi connectivity index (χ0v) is 18.2. The maximum absolute atomic E-state index is 14.1. The molecule has 162 valence electrons. The summed E-state index contributed by atoms with van der Waals surface area (Å²) in [7, 11) is 0. The standard InChI is InChI=1S/C25H27ClFN3O/c26-20-9-6-8-19(16-20)17-29-15-7-12-22(29)18-30(21-10-2-1-3-11-21)25(31)28-24-14-5-4-13-23(24)27/h4-9,12-16,21H,1-3,10-11,17-18H2,(H,28,31). The Labute approximate surface area is 187 Å². The predicted molar refractivity (Wildman–Crippen MR) is 123 cm³/mol. The van der Waals surface area contributed by atoms with E-state index in [1.807, 2.05) is 47.5 Å². The zero-order valence-electron chi connectivity index (χ0n) is 17.4. The fraction of sp³-hybridized carbons (Fsp3) is 0.320. The molecule has 3 aromatic rings. The van der Waals surface area contributed by atoms with Crippen molar-refractivity contribution in [1.29, 1.82) is 0 Å². The summed E-state index contributed by atoms with van der Waals surface area (Å²) in [6, 6.07) is 18.0. The third kappa shape index (κ3) is 5.47. The van der Waals surface area contributed by atoms with Gasteiger partial charge >= 0.3 is 6.03 Å². The molecular formula is C25H27ClFN3O. The summed E-state index contributed by atoms with van der Waals surface area (Å²) in [5.41, 5.74) is 2.35. The van der Waals surface area contributed by atoms with Crippen LogP contribution in [0.5, 0.6) is 0 Å². The summed E-state index contributed by atoms with van der Waals surface area (Å²) in [6.45, 7) is 1.15. The molecule has 2 aromatic carbocycles. The van der Waals surface area contributed by atoms with Gasteiger partial charge in [0.1, 0.15) is 5.82 Å². The van der Waals surface area contributed by atoms with E-state index < -0.39 is 5.82 Å². The van der Waals surface area contributed by atoms with Crippen LogP contribution in [-0.2, 0) is 13.1 Å². The lowest BCUT2D eigenvalue weighted by Crippen LogP contribution is -2.43. The smallest absolute Gasteiger partial charge is 0.322 e. The van der Waals surface area contributed by atoms with Gasteiger partial charge in [-0.1, -0.05) is 55.1 Å². The van der Waals surface area contributed by atoms with E-state index in [-0.39, 0.29) is 17.8 Å². The molecule has 0 atom stereocenters. The van der Waals surface area contributed by atoms with Gasteiger partial charge in [-0.2, -0.15) is 0 Å². The summed E-state index contributed by atoms with van der Waals surface area (Å²) >= 11 is 6.14. The molecule has 1 aromatic heterocycles. The number of benzene rings is 2. The van der Waals surface area contributed by atoms with Crippen molar-refractivity contribution in [1.82, 2.24) is 9.47 Å². The van der Waals surface area contributed by atoms with E-state index in [0.717, 1.165) is 36.9 Å². The Morgan fingerprint density at radius 1 is 1.06 bits per heavy atom. The first-order valence-corrected chi connectivity index (χ1v) is 11.2. The molecule has 0 saturated heterocycles. The van der Waals surface area contributed by atoms with Crippen molar-refractivity contribution < 1.29 is 9.18 Å². The van der Waals surface area contributed by atoms with E-state index in [1.165, 1.54) is 12.5 Å². The highest BCUT2D eigenvalue weighted by atomic mass is 35.5. The molecule has 0 spiro atoms. The summed E-state index contributed by atoms with van der Waals surface area (Å²) in [5.74, 6) is -0.427. The second-order valence-corrected chi connectivity index (χ2v) is 8.52. The van der Waals surface area contributed by atoms with Crippen molar-refractivity contribution in [2.45, 2.75) is 51.2 Å². The molecule has 2 amide bonds. The van der Waals surface area contributed by atoms with Crippen LogP contribution in [0, 0.1) is 5.82 Å². The molecule has 1 fully saturated rings. The van der Waals surface area contributed by atoms with E-state index in [9.17, 15) is 9.18 Å². The van der Waals surface area contributed by atoms with Crippen molar-refractivity contribution in [2.24, 2.45) is 0 Å². The number of carbonyl (C=O) groups excluding carboxylic acids is 1. The average Bonchev–Trinajstić information content (AvgIpc) is 3.21. The Hall–Kier alpha value is -2.79. The number of halogens is 2. The molecular weight excluding hydrogens is 413 g/mol. The monoisotopic (exact) mass is 439 g/mol. The first-order valence-electron chi connectivity index (χ1n) is 10.8. The van der Waals surface area contributed by atoms with Gasteiger partial charge in [0.2, 0.25) is 0 Å². The van der Waals surface area contributed by atoms with Gasteiger partial charge in [0, 0.05) is 29.5 Å². The largest absolute Gasteiger partial charge is 0.345 e. The molecule has 0 radical (unpaired) electrons. The summed E-state index contributed by atoms with van der Waals surface area (Å²) in [5, 5.41) is 3.49. The van der Waals surface area contributed by atoms with Crippen molar-refractivity contribution in [2.75, 3.05) is 5.32 Å². The summed E-state index contributed by atoms with van der Waals surface area (Å²) in [6.07, 6.45) is 7.38. The van der Waals surface area contributed by atoms with Crippen LogP contribution >= 0.6 is 11.6 Å². The minimum atomic E-state index is -0.427. The van der Waals surface area contributed by atoms with Crippen molar-refractivity contribution >= 4 is 23.3 Å². The molecule has 1 aliphatic rings. The lowest BCUT2D eigenvalue weighted by atomic mass is 9.94. The van der Waals surface area contributed by atoms with Crippen LogP contribution in [0.1, 0.15) is 43.4 Å². The number of para-hydroxylation sites is 1. The molecule has 0 unspecified atom stereocenters. The zero-order chi connectivity index (χ0) is 21.6. The Morgan fingerprint density at radius 3 is 2.65 bits per heavy atom. The van der Waals surface area contributed by atoms with Crippen LogP contribution < -0.4 is 5.32 Å². The molecule has 1 aliphatic carbocycles. The molecule has 6 heteroatoms. The van der Waals surface area contributed by atoms with Crippen LogP contribution in [0.3, 0.4) is 0 Å². The predicted octanol–water partition coefficient (Wildman–Crippen LogP) is 6.70. The molecule has 1 heterocycles. The molecule has 0 bridgehead atoms. The first-order chi connectivity index (χ1) is 15.1. The van der Waals surface area contributed by atoms with Gasteiger partial charge in [0.15, 0.2) is 0 Å². The van der Waals surface area contributed by atoms with Crippen LogP contribution in [0.25, 0.3) is 0 Å². The number of hydrogen-bond donors (Lipinski definition) is 1. The minimum absolute atomic E-state index is 0.148. The quantitative estimate of drug-likeness (QED) is 0.456. The van der Waals surface area contributed by atoms with Crippen LogP contribution in [0.4, 0.5) is 14.9 Å². The maximum Gasteiger partial charge on any atom is 0.322 e. The maximum atomic E-state index is 14.1. The van der Waals surface area contributed by atoms with Crippen molar-refractivity contribution in [3.05, 3.63) is 89.0 Å². The third-order valence-corrected chi connectivity index (χ3v) is 6.12. The number of carbonyl (C=O) groups is 1. The fourth-order valence-electron chi connectivity index (χ4n) is 4.26. The second-order valence-electron chi connectivity index (χ2n) is 8.09. The van der Waals surface area contributed by atoms with Crippen LogP contribution in [-0.4, -0.2) is 21.5 Å². The van der Waals surface area contributed by atoms with Gasteiger partial charge in [-0.15, -0.1) is 0 Å². The number of urea groups is 1. The Balaban J connectivity index is 1.55. The molecule has 4 nitrogen and oxygen atoms in total. The van der Waals surface area contributed by atoms with Gasteiger partial charge < -0.3 is 14.8 Å². The summed E-state index contributed by atoms with van der Waals surface area (Å²) < 4.78 is 16.3. The van der Waals surface area contributed by atoms with Gasteiger partial charge in [0.25, 0.3) is 0 Å². The van der Waals surface area contributed by atoms with E-state index >= 15 is 0 Å². The van der Waals surface area contributed by atoms with E-state index in [4.69, 9.17) is 11.6 Å². The lowest BCUT2D eigenvalue weighted by Gasteiger charge is -2.34. The van der Waals surface area contributed by atoms with Crippen molar-refractivity contribution in [3.8, 4) is 0 Å². The van der Waals surface area contributed by atoms with Crippen LogP contribution in [0.15, 0.2) is 66.9 Å². The second kappa shape index (κ2) is 10.0. The van der Waals surface area contributed by atoms with Gasteiger partial charge in [-0.05, 0) is 54.8 Å². The van der Waals surface area contributed by atoms with E-state index in [2.05, 4.69) is 9.88 Å². The van der Waals surface area contributed by atoms with E-state index in [1.54, 1.807) is 18.2 Å². The SMILES string of the molecule is O=C(Nc1ccccc1F)N(Cc1cccn1Cc1cccc(Cl)c1)C1CCCCC1. The van der Waals surface area contributed by atoms with E-state index in [0.29, 0.717) is 18.1 Å². The number of nitrogens with one attached hydrogen (secondary N) is 1. The van der Waals surface area contributed by atoms with Gasteiger partial charge in [-0.3, -0.25) is 0 Å². The number of anilines is 1. The summed E-state index contributed by atoms with van der Waals surface area (Å²) in [4.78, 5) is 15.1. The Kier molecular flexibility index (Phi) is 6.92. The highest BCUT2D eigenvalue weighted by molar-refractivity contribution is 6.30. The highest BCUT2D eigenvalue weighted by Crippen LogP contribution is 2.26. The molecule has 1 saturated carbocycles. The van der Waals surface area contributed by atoms with Crippen LogP contribution in [0.2, 0.25) is 5.02 Å². The highest BCUT2D eigenvalue weighted by Gasteiger charge is 2.27. The average molecular weight is 440 g/mol. The number of aromatic nitrogens is 1. The minimum Gasteiger partial charge on any atom is -0.345 e. The van der Waals surface area contributed by atoms with Gasteiger partial charge in [0.05, 0.1) is 12.2 Å². The van der Waals surface area contributed by atoms with Gasteiger partial charge in [-0.25, -0.2) is 9.18 Å². The number of nitrogens with zero attached hydrogens (tertiary/aromatic N) is 2. The lowest BCUT2D eigenvalue weighted by molar-refractivity contribution is 0.161.